The summed E-state index contributed by atoms with van der Waals surface area (Å²) in [5, 5.41) is 13.3. The monoisotopic (exact) mass is 225 g/mol. The van der Waals surface area contributed by atoms with Gasteiger partial charge in [0.25, 0.3) is 0 Å². The molecular formula is C14H27NO. The first-order valence-electron chi connectivity index (χ1n) is 6.71. The molecule has 0 spiro atoms. The van der Waals surface area contributed by atoms with Crippen LogP contribution in [0.3, 0.4) is 0 Å². The largest absolute Gasteiger partial charge is 0.392 e. The van der Waals surface area contributed by atoms with Gasteiger partial charge in [0.15, 0.2) is 0 Å². The average molecular weight is 225 g/mol. The summed E-state index contributed by atoms with van der Waals surface area (Å²) in [4.78, 5) is 0. The first kappa shape index (κ1) is 12.4. The smallest absolute Gasteiger partial charge is 0.0662 e. The summed E-state index contributed by atoms with van der Waals surface area (Å²) in [6.07, 6.45) is 3.85. The van der Waals surface area contributed by atoms with Gasteiger partial charge in [0.2, 0.25) is 0 Å². The van der Waals surface area contributed by atoms with Gasteiger partial charge in [-0.2, -0.15) is 0 Å². The van der Waals surface area contributed by atoms with E-state index in [0.717, 1.165) is 5.92 Å². The molecule has 0 aromatic carbocycles. The zero-order valence-corrected chi connectivity index (χ0v) is 11.4. The molecule has 2 fully saturated rings. The molecule has 2 rings (SSSR count). The number of hydrogen-bond donors (Lipinski definition) is 2. The van der Waals surface area contributed by atoms with Gasteiger partial charge in [-0.1, -0.05) is 20.8 Å². The van der Waals surface area contributed by atoms with Crippen LogP contribution in [0.5, 0.6) is 0 Å². The molecule has 2 aliphatic carbocycles. The van der Waals surface area contributed by atoms with E-state index in [1.807, 2.05) is 6.92 Å². The molecular weight excluding hydrogens is 198 g/mol. The van der Waals surface area contributed by atoms with Crippen molar-refractivity contribution in [2.45, 2.75) is 72.1 Å². The average Bonchev–Trinajstić information content (AvgIpc) is 2.63. The molecule has 2 nitrogen and oxygen atoms in total. The quantitative estimate of drug-likeness (QED) is 0.773. The van der Waals surface area contributed by atoms with E-state index in [2.05, 4.69) is 33.0 Å². The lowest BCUT2D eigenvalue weighted by atomic mass is 9.68. The SMILES string of the molecule is CC(O)C(C)NC1C2(C)CCC(C2)C1(C)C. The number of hydrogen-bond acceptors (Lipinski definition) is 2. The molecule has 0 aromatic heterocycles. The predicted molar refractivity (Wildman–Crippen MR) is 67.3 cm³/mol. The van der Waals surface area contributed by atoms with Crippen molar-refractivity contribution >= 4 is 0 Å². The van der Waals surface area contributed by atoms with Crippen molar-refractivity contribution in [3.63, 3.8) is 0 Å². The Morgan fingerprint density at radius 1 is 1.25 bits per heavy atom. The lowest BCUT2D eigenvalue weighted by molar-refractivity contribution is 0.0699. The van der Waals surface area contributed by atoms with Gasteiger partial charge in [0, 0.05) is 12.1 Å². The Kier molecular flexibility index (Phi) is 2.87. The zero-order chi connectivity index (χ0) is 12.1. The zero-order valence-electron chi connectivity index (χ0n) is 11.4. The van der Waals surface area contributed by atoms with E-state index in [1.54, 1.807) is 0 Å². The number of fused-ring (bicyclic) bond motifs is 2. The molecule has 0 heterocycles. The first-order valence-corrected chi connectivity index (χ1v) is 6.71. The Balaban J connectivity index is 2.14. The fraction of sp³-hybridized carbons (Fsp3) is 1.00. The maximum atomic E-state index is 9.64. The minimum absolute atomic E-state index is 0.195. The van der Waals surface area contributed by atoms with Crippen molar-refractivity contribution in [3.8, 4) is 0 Å². The van der Waals surface area contributed by atoms with Gasteiger partial charge in [0.05, 0.1) is 6.10 Å². The van der Waals surface area contributed by atoms with Gasteiger partial charge in [-0.15, -0.1) is 0 Å². The van der Waals surface area contributed by atoms with Crippen molar-refractivity contribution in [2.75, 3.05) is 0 Å². The molecule has 0 radical (unpaired) electrons. The third kappa shape index (κ3) is 1.70. The molecule has 2 bridgehead atoms. The van der Waals surface area contributed by atoms with Crippen molar-refractivity contribution in [1.82, 2.24) is 5.32 Å². The van der Waals surface area contributed by atoms with Crippen LogP contribution in [0.1, 0.15) is 53.9 Å². The molecule has 0 saturated heterocycles. The second kappa shape index (κ2) is 3.71. The highest BCUT2D eigenvalue weighted by atomic mass is 16.3. The second-order valence-electron chi connectivity index (χ2n) is 7.04. The standard InChI is InChI=1S/C14H27NO/c1-9(10(2)16)15-12-13(3,4)11-6-7-14(12,5)8-11/h9-12,15-16H,6-8H2,1-5H3. The molecule has 2 saturated carbocycles. The van der Waals surface area contributed by atoms with Crippen LogP contribution >= 0.6 is 0 Å². The third-order valence-corrected chi connectivity index (χ3v) is 5.42. The molecule has 16 heavy (non-hydrogen) atoms. The second-order valence-corrected chi connectivity index (χ2v) is 7.04. The highest BCUT2D eigenvalue weighted by Gasteiger charge is 2.59. The number of nitrogens with one attached hydrogen (secondary N) is 1. The molecule has 0 aliphatic heterocycles. The topological polar surface area (TPSA) is 32.3 Å². The van der Waals surface area contributed by atoms with Crippen LogP contribution in [0.4, 0.5) is 0 Å². The number of aliphatic hydroxyl groups excluding tert-OH is 1. The Morgan fingerprint density at radius 2 is 1.88 bits per heavy atom. The summed E-state index contributed by atoms with van der Waals surface area (Å²) in [6, 6.07) is 0.754. The van der Waals surface area contributed by atoms with Gasteiger partial charge >= 0.3 is 0 Å². The summed E-state index contributed by atoms with van der Waals surface area (Å²) in [5.41, 5.74) is 0.841. The fourth-order valence-corrected chi connectivity index (χ4v) is 4.12. The Bertz CT molecular complexity index is 269. The van der Waals surface area contributed by atoms with Gasteiger partial charge in [0.1, 0.15) is 0 Å². The maximum absolute atomic E-state index is 9.64. The number of aliphatic hydroxyl groups is 1. The molecule has 94 valence electrons. The maximum Gasteiger partial charge on any atom is 0.0662 e. The van der Waals surface area contributed by atoms with Crippen molar-refractivity contribution in [3.05, 3.63) is 0 Å². The summed E-state index contributed by atoms with van der Waals surface area (Å²) in [5.74, 6) is 0.871. The Labute approximate surface area is 99.8 Å². The Morgan fingerprint density at radius 3 is 2.31 bits per heavy atom. The lowest BCUT2D eigenvalue weighted by Crippen LogP contribution is -2.55. The molecule has 2 aliphatic rings. The molecule has 5 atom stereocenters. The van der Waals surface area contributed by atoms with Crippen LogP contribution in [0.2, 0.25) is 0 Å². The summed E-state index contributed by atoms with van der Waals surface area (Å²) < 4.78 is 0. The van der Waals surface area contributed by atoms with E-state index in [1.165, 1.54) is 19.3 Å². The highest BCUT2D eigenvalue weighted by molar-refractivity contribution is 5.12. The van der Waals surface area contributed by atoms with Crippen LogP contribution in [0.15, 0.2) is 0 Å². The van der Waals surface area contributed by atoms with E-state index in [4.69, 9.17) is 0 Å². The van der Waals surface area contributed by atoms with Crippen LogP contribution in [0.25, 0.3) is 0 Å². The van der Waals surface area contributed by atoms with Crippen molar-refractivity contribution in [2.24, 2.45) is 16.7 Å². The predicted octanol–water partition coefficient (Wildman–Crippen LogP) is 2.56. The highest BCUT2D eigenvalue weighted by Crippen LogP contribution is 2.62. The first-order chi connectivity index (χ1) is 7.27. The van der Waals surface area contributed by atoms with E-state index >= 15 is 0 Å². The van der Waals surface area contributed by atoms with E-state index in [-0.39, 0.29) is 12.1 Å². The normalized spacial score (nSPS) is 44.6. The summed E-state index contributed by atoms with van der Waals surface area (Å²) >= 11 is 0. The van der Waals surface area contributed by atoms with Gasteiger partial charge in [-0.3, -0.25) is 0 Å². The molecule has 0 aromatic rings. The molecule has 2 N–H and O–H groups in total. The fourth-order valence-electron chi connectivity index (χ4n) is 4.12. The molecule has 0 amide bonds. The van der Waals surface area contributed by atoms with Crippen LogP contribution in [-0.2, 0) is 0 Å². The van der Waals surface area contributed by atoms with Crippen molar-refractivity contribution < 1.29 is 5.11 Å². The van der Waals surface area contributed by atoms with Crippen molar-refractivity contribution in [1.29, 1.82) is 0 Å². The lowest BCUT2D eigenvalue weighted by Gasteiger charge is -2.45. The summed E-state index contributed by atoms with van der Waals surface area (Å²) in [7, 11) is 0. The van der Waals surface area contributed by atoms with Gasteiger partial charge in [-0.25, -0.2) is 0 Å². The van der Waals surface area contributed by atoms with Gasteiger partial charge < -0.3 is 10.4 Å². The minimum atomic E-state index is -0.265. The van der Waals surface area contributed by atoms with E-state index in [9.17, 15) is 5.11 Å². The van der Waals surface area contributed by atoms with E-state index < -0.39 is 0 Å². The molecule has 5 unspecified atom stereocenters. The van der Waals surface area contributed by atoms with E-state index in [0.29, 0.717) is 16.9 Å². The number of rotatable bonds is 3. The van der Waals surface area contributed by atoms with Crippen LogP contribution < -0.4 is 5.32 Å². The minimum Gasteiger partial charge on any atom is -0.392 e. The third-order valence-electron chi connectivity index (χ3n) is 5.42. The van der Waals surface area contributed by atoms with Crippen LogP contribution in [0, 0.1) is 16.7 Å². The summed E-state index contributed by atoms with van der Waals surface area (Å²) in [6.45, 7) is 11.2. The molecule has 2 heteroatoms. The Hall–Kier alpha value is -0.0800. The van der Waals surface area contributed by atoms with Crippen LogP contribution in [-0.4, -0.2) is 23.3 Å². The van der Waals surface area contributed by atoms with Gasteiger partial charge in [-0.05, 0) is 49.9 Å².